The monoisotopic (exact) mass is 472 g/mol. The molecule has 1 saturated heterocycles. The number of benzene rings is 2. The number of para-hydroxylation sites is 3. The standard InChI is InChI=1S/C24H25ClN2O2S2/c1-5-30-22(31-6-2)20-15(3)24(25)16-11-7-8-12-17(16)26-23(24)27(21(20)28)18-13-9-10-14-19(18)29-4/h7-15H,5-6H2,1-4H3. The summed E-state index contributed by atoms with van der Waals surface area (Å²) in [5, 5.41) is 0. The number of nitrogens with zero attached hydrogens (tertiary/aromatic N) is 2. The first-order valence-corrected chi connectivity index (χ1v) is 12.7. The zero-order valence-electron chi connectivity index (χ0n) is 18.0. The van der Waals surface area contributed by atoms with Crippen molar-refractivity contribution in [2.24, 2.45) is 10.9 Å². The number of hydrogen-bond acceptors (Lipinski definition) is 5. The molecule has 0 spiro atoms. The number of aliphatic imine (C=N–C) groups is 1. The molecule has 2 aliphatic heterocycles. The van der Waals surface area contributed by atoms with Crippen molar-refractivity contribution >= 4 is 58.2 Å². The van der Waals surface area contributed by atoms with E-state index < -0.39 is 4.87 Å². The highest BCUT2D eigenvalue weighted by molar-refractivity contribution is 8.22. The Morgan fingerprint density at radius 2 is 1.77 bits per heavy atom. The molecule has 4 rings (SSSR count). The first kappa shape index (κ1) is 22.3. The van der Waals surface area contributed by atoms with E-state index >= 15 is 0 Å². The fourth-order valence-corrected chi connectivity index (χ4v) is 7.00. The van der Waals surface area contributed by atoms with Crippen LogP contribution < -0.4 is 9.64 Å². The molecular formula is C24H25ClN2O2S2. The Morgan fingerprint density at radius 3 is 2.45 bits per heavy atom. The van der Waals surface area contributed by atoms with Crippen LogP contribution in [0, 0.1) is 5.92 Å². The van der Waals surface area contributed by atoms with Crippen molar-refractivity contribution < 1.29 is 9.53 Å². The molecule has 1 fully saturated rings. The summed E-state index contributed by atoms with van der Waals surface area (Å²) >= 11 is 10.9. The van der Waals surface area contributed by atoms with E-state index in [0.717, 1.165) is 32.6 Å². The van der Waals surface area contributed by atoms with Gasteiger partial charge in [0.05, 0.1) is 18.5 Å². The van der Waals surface area contributed by atoms with Gasteiger partial charge in [-0.05, 0) is 29.7 Å². The quantitative estimate of drug-likeness (QED) is 0.352. The lowest BCUT2D eigenvalue weighted by Gasteiger charge is -2.43. The SMILES string of the molecule is CCSC(SCC)=C1C(=O)N(c2ccccc2OC)C2=Nc3ccccc3C2(Cl)C1C. The summed E-state index contributed by atoms with van der Waals surface area (Å²) in [5.41, 5.74) is 3.14. The molecular weight excluding hydrogens is 448 g/mol. The Hall–Kier alpha value is -1.89. The van der Waals surface area contributed by atoms with Gasteiger partial charge in [0.25, 0.3) is 5.91 Å². The van der Waals surface area contributed by atoms with E-state index in [-0.39, 0.29) is 11.8 Å². The number of fused-ring (bicyclic) bond motifs is 3. The Balaban J connectivity index is 2.01. The highest BCUT2D eigenvalue weighted by Gasteiger charge is 2.57. The second kappa shape index (κ2) is 8.93. The van der Waals surface area contributed by atoms with Crippen molar-refractivity contribution in [2.75, 3.05) is 23.5 Å². The molecule has 2 heterocycles. The lowest BCUT2D eigenvalue weighted by molar-refractivity contribution is -0.115. The number of thioether (sulfide) groups is 2. The molecule has 2 atom stereocenters. The van der Waals surface area contributed by atoms with Crippen LogP contribution in [0.2, 0.25) is 0 Å². The van der Waals surface area contributed by atoms with Gasteiger partial charge in [0, 0.05) is 21.3 Å². The Kier molecular flexibility index (Phi) is 6.42. The number of carbonyl (C=O) groups is 1. The van der Waals surface area contributed by atoms with Crippen LogP contribution >= 0.6 is 35.1 Å². The van der Waals surface area contributed by atoms with Gasteiger partial charge in [0.1, 0.15) is 16.5 Å². The highest BCUT2D eigenvalue weighted by atomic mass is 35.5. The van der Waals surface area contributed by atoms with Crippen LogP contribution in [0.25, 0.3) is 0 Å². The van der Waals surface area contributed by atoms with Gasteiger partial charge in [-0.3, -0.25) is 9.69 Å². The fourth-order valence-electron chi connectivity index (χ4n) is 4.20. The molecule has 31 heavy (non-hydrogen) atoms. The van der Waals surface area contributed by atoms with E-state index in [1.807, 2.05) is 55.5 Å². The van der Waals surface area contributed by atoms with Gasteiger partial charge in [-0.1, -0.05) is 51.1 Å². The number of amides is 1. The number of rotatable bonds is 6. The molecule has 0 aromatic heterocycles. The van der Waals surface area contributed by atoms with Gasteiger partial charge in [-0.15, -0.1) is 35.1 Å². The average Bonchev–Trinajstić information content (AvgIpc) is 3.08. The minimum atomic E-state index is -0.936. The minimum Gasteiger partial charge on any atom is -0.495 e. The molecule has 2 aliphatic rings. The number of alkyl halides is 1. The summed E-state index contributed by atoms with van der Waals surface area (Å²) in [6.07, 6.45) is 0. The molecule has 2 aromatic rings. The predicted molar refractivity (Wildman–Crippen MR) is 134 cm³/mol. The topological polar surface area (TPSA) is 41.9 Å². The maximum Gasteiger partial charge on any atom is 0.261 e. The van der Waals surface area contributed by atoms with Crippen LogP contribution in [0.1, 0.15) is 26.3 Å². The molecule has 7 heteroatoms. The van der Waals surface area contributed by atoms with Crippen molar-refractivity contribution in [1.29, 1.82) is 0 Å². The van der Waals surface area contributed by atoms with E-state index in [9.17, 15) is 4.79 Å². The first-order valence-electron chi connectivity index (χ1n) is 10.3. The van der Waals surface area contributed by atoms with Gasteiger partial charge >= 0.3 is 0 Å². The van der Waals surface area contributed by atoms with Crippen LogP contribution in [0.4, 0.5) is 11.4 Å². The number of carbonyl (C=O) groups excluding carboxylic acids is 1. The van der Waals surface area contributed by atoms with Crippen molar-refractivity contribution in [3.05, 3.63) is 63.9 Å². The molecule has 4 nitrogen and oxygen atoms in total. The van der Waals surface area contributed by atoms with Gasteiger partial charge in [0.2, 0.25) is 0 Å². The lowest BCUT2D eigenvalue weighted by atomic mass is 9.78. The number of piperidine rings is 1. The Morgan fingerprint density at radius 1 is 1.13 bits per heavy atom. The van der Waals surface area contributed by atoms with Gasteiger partial charge in [0.15, 0.2) is 0 Å². The number of halogens is 1. The Bertz CT molecular complexity index is 1080. The third-order valence-corrected chi connectivity index (χ3v) is 8.57. The van der Waals surface area contributed by atoms with Gasteiger partial charge in [-0.25, -0.2) is 4.99 Å². The van der Waals surface area contributed by atoms with E-state index in [2.05, 4.69) is 13.8 Å². The summed E-state index contributed by atoms with van der Waals surface area (Å²) in [7, 11) is 1.61. The molecule has 0 bridgehead atoms. The number of methoxy groups -OCH3 is 1. The molecule has 0 radical (unpaired) electrons. The van der Waals surface area contributed by atoms with Crippen molar-refractivity contribution in [2.45, 2.75) is 25.6 Å². The summed E-state index contributed by atoms with van der Waals surface area (Å²) in [6.45, 7) is 6.25. The van der Waals surface area contributed by atoms with E-state index in [0.29, 0.717) is 17.3 Å². The summed E-state index contributed by atoms with van der Waals surface area (Å²) < 4.78 is 6.64. The van der Waals surface area contributed by atoms with Crippen molar-refractivity contribution in [1.82, 2.24) is 0 Å². The minimum absolute atomic E-state index is 0.0864. The number of anilines is 1. The molecule has 2 unspecified atom stereocenters. The Labute approximate surface area is 197 Å². The molecule has 1 amide bonds. The zero-order chi connectivity index (χ0) is 22.2. The average molecular weight is 473 g/mol. The number of ether oxygens (including phenoxy) is 1. The van der Waals surface area contributed by atoms with Crippen LogP contribution in [0.3, 0.4) is 0 Å². The predicted octanol–water partition coefficient (Wildman–Crippen LogP) is 6.57. The third-order valence-electron chi connectivity index (χ3n) is 5.62. The van der Waals surface area contributed by atoms with Gasteiger partial charge < -0.3 is 4.74 Å². The lowest BCUT2D eigenvalue weighted by Crippen LogP contribution is -2.55. The van der Waals surface area contributed by atoms with E-state index in [1.165, 1.54) is 0 Å². The largest absolute Gasteiger partial charge is 0.495 e. The number of amidine groups is 1. The van der Waals surface area contributed by atoms with Crippen LogP contribution in [-0.4, -0.2) is 30.4 Å². The summed E-state index contributed by atoms with van der Waals surface area (Å²) in [6, 6.07) is 15.4. The third kappa shape index (κ3) is 3.49. The first-order chi connectivity index (χ1) is 15.0. The maximum absolute atomic E-state index is 14.1. The van der Waals surface area contributed by atoms with Crippen LogP contribution in [0.15, 0.2) is 63.3 Å². The maximum atomic E-state index is 14.1. The van der Waals surface area contributed by atoms with Crippen LogP contribution in [0.5, 0.6) is 5.75 Å². The molecule has 162 valence electrons. The molecule has 0 N–H and O–H groups in total. The molecule has 0 saturated carbocycles. The van der Waals surface area contributed by atoms with Gasteiger partial charge in [-0.2, -0.15) is 0 Å². The second-order valence-corrected chi connectivity index (χ2v) is 10.7. The van der Waals surface area contributed by atoms with E-state index in [4.69, 9.17) is 21.3 Å². The number of hydrogen-bond donors (Lipinski definition) is 0. The summed E-state index contributed by atoms with van der Waals surface area (Å²) in [4.78, 5) is 19.7. The highest BCUT2D eigenvalue weighted by Crippen LogP contribution is 2.56. The van der Waals surface area contributed by atoms with E-state index in [1.54, 1.807) is 35.5 Å². The van der Waals surface area contributed by atoms with Crippen molar-refractivity contribution in [3.63, 3.8) is 0 Å². The normalized spacial score (nSPS) is 22.2. The summed E-state index contributed by atoms with van der Waals surface area (Å²) in [5.74, 6) is 2.60. The van der Waals surface area contributed by atoms with Crippen LogP contribution in [-0.2, 0) is 9.67 Å². The smallest absolute Gasteiger partial charge is 0.261 e. The second-order valence-electron chi connectivity index (χ2n) is 7.27. The molecule has 0 aliphatic carbocycles. The van der Waals surface area contributed by atoms with Crippen molar-refractivity contribution in [3.8, 4) is 5.75 Å². The zero-order valence-corrected chi connectivity index (χ0v) is 20.4. The molecule has 2 aromatic carbocycles. The fraction of sp³-hybridized carbons (Fsp3) is 0.333.